The highest BCUT2D eigenvalue weighted by Gasteiger charge is 2.10. The minimum Gasteiger partial charge on any atom is -0.369 e. The van der Waals surface area contributed by atoms with E-state index in [4.69, 9.17) is 5.73 Å². The van der Waals surface area contributed by atoms with Crippen LogP contribution in [-0.2, 0) is 13.0 Å². The topological polar surface area (TPSA) is 69.6 Å². The zero-order valence-electron chi connectivity index (χ0n) is 10.7. The average molecular weight is 253 g/mol. The summed E-state index contributed by atoms with van der Waals surface area (Å²) in [5.74, 6) is 0.515. The Morgan fingerprint density at radius 3 is 2.95 bits per heavy atom. The number of nitrogens with zero attached hydrogens (tertiary/aromatic N) is 4. The van der Waals surface area contributed by atoms with Crippen LogP contribution in [0.2, 0.25) is 0 Å². The first kappa shape index (κ1) is 11.6. The summed E-state index contributed by atoms with van der Waals surface area (Å²) in [4.78, 5) is 12.9. The van der Waals surface area contributed by atoms with E-state index in [0.717, 1.165) is 29.7 Å². The molecule has 0 unspecified atom stereocenters. The van der Waals surface area contributed by atoms with Crippen molar-refractivity contribution < 1.29 is 0 Å². The van der Waals surface area contributed by atoms with Crippen molar-refractivity contribution in [3.05, 3.63) is 47.9 Å². The summed E-state index contributed by atoms with van der Waals surface area (Å²) >= 11 is 0. The van der Waals surface area contributed by atoms with Crippen LogP contribution in [0, 0.1) is 6.92 Å². The van der Waals surface area contributed by atoms with Crippen LogP contribution < -0.4 is 5.73 Å². The Morgan fingerprint density at radius 2 is 2.16 bits per heavy atom. The van der Waals surface area contributed by atoms with Crippen molar-refractivity contribution in [2.45, 2.75) is 19.9 Å². The van der Waals surface area contributed by atoms with Crippen LogP contribution in [0.15, 0.2) is 36.8 Å². The number of anilines is 1. The van der Waals surface area contributed by atoms with Gasteiger partial charge in [-0.25, -0.2) is 9.97 Å². The molecule has 0 spiro atoms. The molecular formula is C14H15N5. The third-order valence-electron chi connectivity index (χ3n) is 3.21. The summed E-state index contributed by atoms with van der Waals surface area (Å²) in [6.45, 7) is 2.77. The molecule has 5 nitrogen and oxygen atoms in total. The lowest BCUT2D eigenvalue weighted by molar-refractivity contribution is 0.718. The Bertz CT molecular complexity index is 702. The fourth-order valence-corrected chi connectivity index (χ4v) is 2.16. The van der Waals surface area contributed by atoms with Crippen LogP contribution in [0.5, 0.6) is 0 Å². The zero-order valence-corrected chi connectivity index (χ0v) is 10.7. The van der Waals surface area contributed by atoms with Crippen LogP contribution in [0.4, 0.5) is 5.95 Å². The van der Waals surface area contributed by atoms with Crippen molar-refractivity contribution in [2.24, 2.45) is 0 Å². The largest absolute Gasteiger partial charge is 0.369 e. The van der Waals surface area contributed by atoms with Crippen molar-refractivity contribution in [3.8, 4) is 0 Å². The molecule has 19 heavy (non-hydrogen) atoms. The third-order valence-corrected chi connectivity index (χ3v) is 3.21. The van der Waals surface area contributed by atoms with Gasteiger partial charge in [0.05, 0.1) is 0 Å². The lowest BCUT2D eigenvalue weighted by atomic mass is 10.2. The number of rotatable bonds is 3. The van der Waals surface area contributed by atoms with E-state index >= 15 is 0 Å². The number of aryl methyl sites for hydroxylation is 3. The monoisotopic (exact) mass is 253 g/mol. The molecule has 96 valence electrons. The molecule has 0 radical (unpaired) electrons. The quantitative estimate of drug-likeness (QED) is 0.774. The molecular weight excluding hydrogens is 238 g/mol. The molecule has 0 aromatic carbocycles. The van der Waals surface area contributed by atoms with Crippen LogP contribution >= 0.6 is 0 Å². The van der Waals surface area contributed by atoms with Crippen LogP contribution in [0.25, 0.3) is 11.2 Å². The Morgan fingerprint density at radius 1 is 1.26 bits per heavy atom. The van der Waals surface area contributed by atoms with Crippen molar-refractivity contribution in [1.82, 2.24) is 19.5 Å². The molecule has 0 amide bonds. The lowest BCUT2D eigenvalue weighted by Gasteiger charge is -2.05. The molecule has 3 rings (SSSR count). The number of fused-ring (bicyclic) bond motifs is 1. The van der Waals surface area contributed by atoms with Gasteiger partial charge >= 0.3 is 0 Å². The summed E-state index contributed by atoms with van der Waals surface area (Å²) in [6.07, 6.45) is 6.29. The average Bonchev–Trinajstić information content (AvgIpc) is 2.75. The number of hydrogen-bond donors (Lipinski definition) is 1. The number of imidazole rings is 1. The van der Waals surface area contributed by atoms with Crippen molar-refractivity contribution >= 4 is 17.1 Å². The van der Waals surface area contributed by atoms with Gasteiger partial charge in [-0.1, -0.05) is 6.07 Å². The van der Waals surface area contributed by atoms with Crippen LogP contribution in [0.3, 0.4) is 0 Å². The van der Waals surface area contributed by atoms with Gasteiger partial charge in [0, 0.05) is 25.1 Å². The van der Waals surface area contributed by atoms with E-state index in [2.05, 4.69) is 21.0 Å². The predicted octanol–water partition coefficient (Wildman–Crippen LogP) is 1.96. The molecule has 0 saturated carbocycles. The second-order valence-corrected chi connectivity index (χ2v) is 4.53. The number of nitrogen functional groups attached to an aromatic ring is 1. The third kappa shape index (κ3) is 2.14. The maximum atomic E-state index is 5.98. The number of nitrogens with two attached hydrogens (primary N) is 1. The SMILES string of the molecule is Cc1ccnc2c1nc(N)n2CCc1cccnc1. The van der Waals surface area contributed by atoms with E-state index in [1.807, 2.05) is 29.8 Å². The molecule has 0 atom stereocenters. The van der Waals surface area contributed by atoms with E-state index in [0.29, 0.717) is 5.95 Å². The Kier molecular flexibility index (Phi) is 2.87. The van der Waals surface area contributed by atoms with Gasteiger partial charge in [0.25, 0.3) is 0 Å². The molecule has 2 N–H and O–H groups in total. The van der Waals surface area contributed by atoms with E-state index < -0.39 is 0 Å². The first-order valence-electron chi connectivity index (χ1n) is 6.22. The molecule has 3 aromatic rings. The van der Waals surface area contributed by atoms with Crippen LogP contribution in [0.1, 0.15) is 11.1 Å². The first-order chi connectivity index (χ1) is 9.25. The smallest absolute Gasteiger partial charge is 0.202 e. The minimum atomic E-state index is 0.515. The van der Waals surface area contributed by atoms with Crippen LogP contribution in [-0.4, -0.2) is 19.5 Å². The highest BCUT2D eigenvalue weighted by molar-refractivity contribution is 5.77. The summed E-state index contributed by atoms with van der Waals surface area (Å²) < 4.78 is 1.95. The number of hydrogen-bond acceptors (Lipinski definition) is 4. The molecule has 0 aliphatic rings. The Balaban J connectivity index is 1.93. The second kappa shape index (κ2) is 4.68. The second-order valence-electron chi connectivity index (χ2n) is 4.53. The molecule has 0 aliphatic carbocycles. The van der Waals surface area contributed by atoms with Crippen molar-refractivity contribution in [1.29, 1.82) is 0 Å². The van der Waals surface area contributed by atoms with Gasteiger partial charge in [0.2, 0.25) is 5.95 Å². The normalized spacial score (nSPS) is 11.0. The van der Waals surface area contributed by atoms with Gasteiger partial charge in [-0.05, 0) is 36.6 Å². The fraction of sp³-hybridized carbons (Fsp3) is 0.214. The predicted molar refractivity (Wildman–Crippen MR) is 74.6 cm³/mol. The Labute approximate surface area is 111 Å². The molecule has 3 aromatic heterocycles. The van der Waals surface area contributed by atoms with Crippen molar-refractivity contribution in [3.63, 3.8) is 0 Å². The molecule has 0 aliphatic heterocycles. The summed E-state index contributed by atoms with van der Waals surface area (Å²) in [5, 5.41) is 0. The van der Waals surface area contributed by atoms with Gasteiger partial charge in [0.15, 0.2) is 5.65 Å². The number of pyridine rings is 2. The van der Waals surface area contributed by atoms with E-state index in [1.165, 1.54) is 5.56 Å². The van der Waals surface area contributed by atoms with Gasteiger partial charge < -0.3 is 5.73 Å². The minimum absolute atomic E-state index is 0.515. The molecule has 0 saturated heterocycles. The van der Waals surface area contributed by atoms with E-state index in [-0.39, 0.29) is 0 Å². The number of aromatic nitrogens is 4. The molecule has 5 heteroatoms. The zero-order chi connectivity index (χ0) is 13.2. The lowest BCUT2D eigenvalue weighted by Crippen LogP contribution is -2.06. The van der Waals surface area contributed by atoms with Gasteiger partial charge in [-0.2, -0.15) is 0 Å². The molecule has 0 fully saturated rings. The summed E-state index contributed by atoms with van der Waals surface area (Å²) in [6, 6.07) is 5.94. The maximum Gasteiger partial charge on any atom is 0.202 e. The Hall–Kier alpha value is -2.43. The summed E-state index contributed by atoms with van der Waals surface area (Å²) in [5.41, 5.74) is 9.98. The maximum absolute atomic E-state index is 5.98. The van der Waals surface area contributed by atoms with E-state index in [1.54, 1.807) is 12.4 Å². The first-order valence-corrected chi connectivity index (χ1v) is 6.22. The molecule has 3 heterocycles. The van der Waals surface area contributed by atoms with E-state index in [9.17, 15) is 0 Å². The summed E-state index contributed by atoms with van der Waals surface area (Å²) in [7, 11) is 0. The molecule has 0 bridgehead atoms. The fourth-order valence-electron chi connectivity index (χ4n) is 2.16. The standard InChI is InChI=1S/C14H15N5/c1-10-4-7-17-13-12(10)18-14(15)19(13)8-5-11-3-2-6-16-9-11/h2-4,6-7,9H,5,8H2,1H3,(H2,15,18). The van der Waals surface area contributed by atoms with Gasteiger partial charge in [-0.3, -0.25) is 9.55 Å². The van der Waals surface area contributed by atoms with Crippen molar-refractivity contribution in [2.75, 3.05) is 5.73 Å². The van der Waals surface area contributed by atoms with Gasteiger partial charge in [-0.15, -0.1) is 0 Å². The highest BCUT2D eigenvalue weighted by Crippen LogP contribution is 2.19. The highest BCUT2D eigenvalue weighted by atomic mass is 15.2. The van der Waals surface area contributed by atoms with Gasteiger partial charge in [0.1, 0.15) is 5.52 Å².